The van der Waals surface area contributed by atoms with Crippen LogP contribution in [0, 0.1) is 0 Å². The van der Waals surface area contributed by atoms with E-state index in [4.69, 9.17) is 13.9 Å². The maximum absolute atomic E-state index is 5.84. The predicted molar refractivity (Wildman–Crippen MR) is 79.9 cm³/mol. The minimum Gasteiger partial charge on any atom is -0.456 e. The van der Waals surface area contributed by atoms with Gasteiger partial charge in [-0.05, 0) is 23.8 Å². The summed E-state index contributed by atoms with van der Waals surface area (Å²) in [6.45, 7) is 2.10. The fourth-order valence-corrected chi connectivity index (χ4v) is 2.69. The Labute approximate surface area is 118 Å². The zero-order valence-electron chi connectivity index (χ0n) is 11.9. The van der Waals surface area contributed by atoms with Crippen LogP contribution in [0.25, 0.3) is 21.9 Å². The lowest BCUT2D eigenvalue weighted by Crippen LogP contribution is -2.20. The lowest BCUT2D eigenvalue weighted by Gasteiger charge is -2.21. The molecule has 1 unspecified atom stereocenters. The van der Waals surface area contributed by atoms with Crippen LogP contribution in [0.2, 0.25) is 0 Å². The molecule has 0 aliphatic carbocycles. The standard InChI is InChI=1S/C17H18O3/c1-11(17(18-2)19-3)12-8-9-16-14(10-12)13-6-4-5-7-15(13)20-16/h4-11,17H,1-3H3. The summed E-state index contributed by atoms with van der Waals surface area (Å²) in [6, 6.07) is 14.3. The molecule has 0 aliphatic heterocycles. The van der Waals surface area contributed by atoms with Gasteiger partial charge in [0.15, 0.2) is 6.29 Å². The van der Waals surface area contributed by atoms with E-state index in [1.54, 1.807) is 14.2 Å². The molecule has 2 aromatic carbocycles. The minimum atomic E-state index is -0.245. The average Bonchev–Trinajstić information content (AvgIpc) is 2.86. The Bertz CT molecular complexity index is 725. The lowest BCUT2D eigenvalue weighted by molar-refractivity contribution is -0.115. The van der Waals surface area contributed by atoms with Gasteiger partial charge in [0, 0.05) is 30.9 Å². The van der Waals surface area contributed by atoms with Crippen molar-refractivity contribution in [2.75, 3.05) is 14.2 Å². The van der Waals surface area contributed by atoms with Crippen molar-refractivity contribution in [1.82, 2.24) is 0 Å². The number of furan rings is 1. The third kappa shape index (κ3) is 2.09. The van der Waals surface area contributed by atoms with Crippen molar-refractivity contribution < 1.29 is 13.9 Å². The molecule has 0 saturated heterocycles. The Kier molecular flexibility index (Phi) is 3.47. The highest BCUT2D eigenvalue weighted by atomic mass is 16.7. The van der Waals surface area contributed by atoms with E-state index in [1.165, 1.54) is 5.56 Å². The number of methoxy groups -OCH3 is 2. The van der Waals surface area contributed by atoms with E-state index in [9.17, 15) is 0 Å². The highest BCUT2D eigenvalue weighted by Gasteiger charge is 2.19. The van der Waals surface area contributed by atoms with E-state index < -0.39 is 0 Å². The molecule has 0 bridgehead atoms. The maximum atomic E-state index is 5.84. The summed E-state index contributed by atoms with van der Waals surface area (Å²) in [6.07, 6.45) is -0.245. The monoisotopic (exact) mass is 270 g/mol. The molecular weight excluding hydrogens is 252 g/mol. The van der Waals surface area contributed by atoms with Crippen LogP contribution >= 0.6 is 0 Å². The van der Waals surface area contributed by atoms with Gasteiger partial charge in [0.25, 0.3) is 0 Å². The molecule has 0 aliphatic rings. The number of hydrogen-bond acceptors (Lipinski definition) is 3. The number of fused-ring (bicyclic) bond motifs is 3. The molecule has 0 amide bonds. The Morgan fingerprint density at radius 3 is 2.35 bits per heavy atom. The Morgan fingerprint density at radius 1 is 0.900 bits per heavy atom. The average molecular weight is 270 g/mol. The summed E-state index contributed by atoms with van der Waals surface area (Å²) in [5, 5.41) is 2.28. The Balaban J connectivity index is 2.12. The Hall–Kier alpha value is -1.84. The van der Waals surface area contributed by atoms with Crippen LogP contribution in [0.5, 0.6) is 0 Å². The molecule has 20 heavy (non-hydrogen) atoms. The molecule has 104 valence electrons. The van der Waals surface area contributed by atoms with Gasteiger partial charge in [0.05, 0.1) is 0 Å². The van der Waals surface area contributed by atoms with Crippen LogP contribution in [0.1, 0.15) is 18.4 Å². The Morgan fingerprint density at radius 2 is 1.60 bits per heavy atom. The van der Waals surface area contributed by atoms with Crippen molar-refractivity contribution in [3.05, 3.63) is 48.0 Å². The first-order valence-electron chi connectivity index (χ1n) is 6.71. The summed E-state index contributed by atoms with van der Waals surface area (Å²) < 4.78 is 16.5. The first-order valence-corrected chi connectivity index (χ1v) is 6.71. The van der Waals surface area contributed by atoms with Gasteiger partial charge in [-0.2, -0.15) is 0 Å². The highest BCUT2D eigenvalue weighted by molar-refractivity contribution is 6.05. The molecule has 0 radical (unpaired) electrons. The van der Waals surface area contributed by atoms with E-state index in [0.29, 0.717) is 0 Å². The van der Waals surface area contributed by atoms with Gasteiger partial charge in [-0.25, -0.2) is 0 Å². The van der Waals surface area contributed by atoms with Gasteiger partial charge in [-0.3, -0.25) is 0 Å². The van der Waals surface area contributed by atoms with Crippen LogP contribution in [0.4, 0.5) is 0 Å². The first-order chi connectivity index (χ1) is 9.74. The highest BCUT2D eigenvalue weighted by Crippen LogP contribution is 2.32. The van der Waals surface area contributed by atoms with Crippen LogP contribution in [0.15, 0.2) is 46.9 Å². The number of para-hydroxylation sites is 1. The van der Waals surface area contributed by atoms with Gasteiger partial charge < -0.3 is 13.9 Å². The van der Waals surface area contributed by atoms with E-state index in [0.717, 1.165) is 21.9 Å². The van der Waals surface area contributed by atoms with Crippen LogP contribution < -0.4 is 0 Å². The zero-order chi connectivity index (χ0) is 14.1. The minimum absolute atomic E-state index is 0.156. The summed E-state index contributed by atoms with van der Waals surface area (Å²) in [7, 11) is 3.33. The topological polar surface area (TPSA) is 31.6 Å². The van der Waals surface area contributed by atoms with Crippen LogP contribution in [-0.4, -0.2) is 20.5 Å². The van der Waals surface area contributed by atoms with Gasteiger partial charge in [0.1, 0.15) is 11.2 Å². The SMILES string of the molecule is COC(OC)C(C)c1ccc2oc3ccccc3c2c1. The summed E-state index contributed by atoms with van der Waals surface area (Å²) in [5.74, 6) is 0.156. The van der Waals surface area contributed by atoms with Gasteiger partial charge in [-0.1, -0.05) is 31.2 Å². The molecule has 3 rings (SSSR count). The third-order valence-corrected chi connectivity index (χ3v) is 3.80. The predicted octanol–water partition coefficient (Wildman–Crippen LogP) is 4.31. The quantitative estimate of drug-likeness (QED) is 0.662. The van der Waals surface area contributed by atoms with Crippen molar-refractivity contribution >= 4 is 21.9 Å². The molecule has 3 nitrogen and oxygen atoms in total. The van der Waals surface area contributed by atoms with Crippen molar-refractivity contribution in [2.24, 2.45) is 0 Å². The molecule has 0 N–H and O–H groups in total. The molecule has 3 aromatic rings. The number of hydrogen-bond donors (Lipinski definition) is 0. The van der Waals surface area contributed by atoms with Crippen LogP contribution in [-0.2, 0) is 9.47 Å². The largest absolute Gasteiger partial charge is 0.456 e. The summed E-state index contributed by atoms with van der Waals surface area (Å²) in [5.41, 5.74) is 3.01. The fourth-order valence-electron chi connectivity index (χ4n) is 2.69. The van der Waals surface area contributed by atoms with Crippen LogP contribution in [0.3, 0.4) is 0 Å². The molecule has 1 atom stereocenters. The maximum Gasteiger partial charge on any atom is 0.163 e. The molecule has 3 heteroatoms. The van der Waals surface area contributed by atoms with Gasteiger partial charge in [0.2, 0.25) is 0 Å². The van der Waals surface area contributed by atoms with Gasteiger partial charge >= 0.3 is 0 Å². The molecule has 0 spiro atoms. The number of ether oxygens (including phenoxy) is 2. The second-order valence-electron chi connectivity index (χ2n) is 4.98. The molecule has 0 saturated carbocycles. The second-order valence-corrected chi connectivity index (χ2v) is 4.98. The van der Waals surface area contributed by atoms with Crippen molar-refractivity contribution in [1.29, 1.82) is 0 Å². The molecular formula is C17H18O3. The van der Waals surface area contributed by atoms with E-state index in [-0.39, 0.29) is 12.2 Å². The fraction of sp³-hybridized carbons (Fsp3) is 0.294. The van der Waals surface area contributed by atoms with Crippen molar-refractivity contribution in [3.8, 4) is 0 Å². The van der Waals surface area contributed by atoms with Gasteiger partial charge in [-0.15, -0.1) is 0 Å². The van der Waals surface area contributed by atoms with Crippen molar-refractivity contribution in [2.45, 2.75) is 19.1 Å². The smallest absolute Gasteiger partial charge is 0.163 e. The zero-order valence-corrected chi connectivity index (χ0v) is 11.9. The second kappa shape index (κ2) is 5.27. The van der Waals surface area contributed by atoms with E-state index >= 15 is 0 Å². The number of benzene rings is 2. The van der Waals surface area contributed by atoms with E-state index in [1.807, 2.05) is 24.3 Å². The van der Waals surface area contributed by atoms with E-state index in [2.05, 4.69) is 25.1 Å². The van der Waals surface area contributed by atoms with Crippen molar-refractivity contribution in [3.63, 3.8) is 0 Å². The molecule has 1 aromatic heterocycles. The molecule has 0 fully saturated rings. The normalized spacial score (nSPS) is 13.4. The summed E-state index contributed by atoms with van der Waals surface area (Å²) in [4.78, 5) is 0. The third-order valence-electron chi connectivity index (χ3n) is 3.80. The number of rotatable bonds is 4. The lowest BCUT2D eigenvalue weighted by atomic mass is 9.98. The first kappa shape index (κ1) is 13.2. The summed E-state index contributed by atoms with van der Waals surface area (Å²) >= 11 is 0. The molecule has 1 heterocycles.